The molecule has 1 aromatic rings. The van der Waals surface area contributed by atoms with E-state index >= 15 is 0 Å². The molecule has 23 heavy (non-hydrogen) atoms. The molecule has 1 saturated carbocycles. The van der Waals surface area contributed by atoms with E-state index in [9.17, 15) is 14.0 Å². The zero-order valence-corrected chi connectivity index (χ0v) is 13.8. The smallest absolute Gasteiger partial charge is 0.228 e. The van der Waals surface area contributed by atoms with Crippen LogP contribution in [0.3, 0.4) is 0 Å². The predicted octanol–water partition coefficient (Wildman–Crippen LogP) is 2.53. The molecule has 0 bridgehead atoms. The van der Waals surface area contributed by atoms with Gasteiger partial charge in [-0.05, 0) is 56.0 Å². The Balaban J connectivity index is 0.00000192. The van der Waals surface area contributed by atoms with E-state index in [1.165, 1.54) is 25.1 Å². The Morgan fingerprint density at radius 1 is 1.26 bits per heavy atom. The van der Waals surface area contributed by atoms with Gasteiger partial charge in [0.1, 0.15) is 5.82 Å². The second-order valence-electron chi connectivity index (χ2n) is 6.23. The standard InChI is InChI=1S/C16H20FN3O2.ClH/c1-10(21)19-11-2-3-13(17)14(8-11)20-15(22)12-9-16(12)4-6-18-7-5-16;/h2-3,8,12,18H,4-7,9H2,1H3,(H,19,21)(H,20,22);1H. The van der Waals surface area contributed by atoms with Gasteiger partial charge in [0.15, 0.2) is 0 Å². The number of amides is 2. The van der Waals surface area contributed by atoms with Gasteiger partial charge in [-0.25, -0.2) is 4.39 Å². The summed E-state index contributed by atoms with van der Waals surface area (Å²) in [6.45, 7) is 3.26. The van der Waals surface area contributed by atoms with E-state index in [1.54, 1.807) is 0 Å². The fraction of sp³-hybridized carbons (Fsp3) is 0.500. The second-order valence-corrected chi connectivity index (χ2v) is 6.23. The minimum atomic E-state index is -0.498. The predicted molar refractivity (Wildman–Crippen MR) is 89.2 cm³/mol. The van der Waals surface area contributed by atoms with Crippen molar-refractivity contribution in [2.75, 3.05) is 23.7 Å². The summed E-state index contributed by atoms with van der Waals surface area (Å²) in [5.74, 6) is -0.888. The van der Waals surface area contributed by atoms with Crippen molar-refractivity contribution in [3.63, 3.8) is 0 Å². The Kier molecular flexibility index (Phi) is 5.26. The van der Waals surface area contributed by atoms with E-state index in [0.717, 1.165) is 32.4 Å². The van der Waals surface area contributed by atoms with Gasteiger partial charge in [-0.1, -0.05) is 0 Å². The Morgan fingerprint density at radius 2 is 1.96 bits per heavy atom. The van der Waals surface area contributed by atoms with Gasteiger partial charge in [0, 0.05) is 18.5 Å². The zero-order valence-electron chi connectivity index (χ0n) is 12.9. The number of benzene rings is 1. The van der Waals surface area contributed by atoms with Crippen molar-refractivity contribution >= 4 is 35.6 Å². The first-order valence-electron chi connectivity index (χ1n) is 7.59. The van der Waals surface area contributed by atoms with E-state index < -0.39 is 5.82 Å². The molecule has 126 valence electrons. The quantitative estimate of drug-likeness (QED) is 0.791. The molecule has 3 N–H and O–H groups in total. The molecular formula is C16H21ClFN3O2. The molecule has 0 aromatic heterocycles. The van der Waals surface area contributed by atoms with Gasteiger partial charge in [0.25, 0.3) is 0 Å². The molecule has 0 radical (unpaired) electrons. The minimum Gasteiger partial charge on any atom is -0.326 e. The Morgan fingerprint density at radius 3 is 2.61 bits per heavy atom. The van der Waals surface area contributed by atoms with Crippen molar-refractivity contribution in [3.05, 3.63) is 24.0 Å². The number of nitrogens with one attached hydrogen (secondary N) is 3. The van der Waals surface area contributed by atoms with Crippen LogP contribution < -0.4 is 16.0 Å². The van der Waals surface area contributed by atoms with Crippen LogP contribution in [0.1, 0.15) is 26.2 Å². The number of hydrogen-bond donors (Lipinski definition) is 3. The molecule has 1 aliphatic heterocycles. The number of hydrogen-bond acceptors (Lipinski definition) is 3. The van der Waals surface area contributed by atoms with Crippen LogP contribution in [0.4, 0.5) is 15.8 Å². The average Bonchev–Trinajstić information content (AvgIpc) is 3.16. The third-order valence-electron chi connectivity index (χ3n) is 4.65. The van der Waals surface area contributed by atoms with Crippen LogP contribution in [-0.2, 0) is 9.59 Å². The average molecular weight is 342 g/mol. The van der Waals surface area contributed by atoms with Gasteiger partial charge in [0.05, 0.1) is 5.69 Å². The van der Waals surface area contributed by atoms with Gasteiger partial charge in [0.2, 0.25) is 11.8 Å². The lowest BCUT2D eigenvalue weighted by Crippen LogP contribution is -2.31. The number of anilines is 2. The molecule has 1 aliphatic carbocycles. The highest BCUT2D eigenvalue weighted by atomic mass is 35.5. The SMILES string of the molecule is CC(=O)Nc1ccc(F)c(NC(=O)C2CC23CCNCC3)c1.Cl. The molecule has 1 unspecified atom stereocenters. The zero-order chi connectivity index (χ0) is 15.7. The maximum Gasteiger partial charge on any atom is 0.228 e. The molecule has 1 spiro atoms. The highest BCUT2D eigenvalue weighted by Crippen LogP contribution is 2.58. The molecule has 1 saturated heterocycles. The van der Waals surface area contributed by atoms with Crippen molar-refractivity contribution in [1.29, 1.82) is 0 Å². The molecular weight excluding hydrogens is 321 g/mol. The van der Waals surface area contributed by atoms with Gasteiger partial charge in [-0.15, -0.1) is 12.4 Å². The van der Waals surface area contributed by atoms with E-state index in [0.29, 0.717) is 5.69 Å². The van der Waals surface area contributed by atoms with Crippen molar-refractivity contribution in [2.45, 2.75) is 26.2 Å². The highest BCUT2D eigenvalue weighted by Gasteiger charge is 2.57. The van der Waals surface area contributed by atoms with E-state index in [4.69, 9.17) is 0 Å². The summed E-state index contributed by atoms with van der Waals surface area (Å²) in [6.07, 6.45) is 2.88. The number of carbonyl (C=O) groups is 2. The third-order valence-corrected chi connectivity index (χ3v) is 4.65. The lowest BCUT2D eigenvalue weighted by atomic mass is 9.92. The van der Waals surface area contributed by atoms with Crippen molar-refractivity contribution in [2.24, 2.45) is 11.3 Å². The topological polar surface area (TPSA) is 70.2 Å². The molecule has 1 aromatic carbocycles. The number of halogens is 2. The van der Waals surface area contributed by atoms with E-state index in [2.05, 4.69) is 16.0 Å². The Hall–Kier alpha value is -1.66. The van der Waals surface area contributed by atoms with Gasteiger partial charge < -0.3 is 16.0 Å². The Bertz CT molecular complexity index is 617. The summed E-state index contributed by atoms with van der Waals surface area (Å²) < 4.78 is 13.8. The van der Waals surface area contributed by atoms with Crippen LogP contribution in [-0.4, -0.2) is 24.9 Å². The van der Waals surface area contributed by atoms with Crippen molar-refractivity contribution in [1.82, 2.24) is 5.32 Å². The number of rotatable bonds is 3. The highest BCUT2D eigenvalue weighted by molar-refractivity contribution is 5.96. The summed E-state index contributed by atoms with van der Waals surface area (Å²) in [5, 5.41) is 8.55. The maximum absolute atomic E-state index is 13.8. The van der Waals surface area contributed by atoms with Gasteiger partial charge >= 0.3 is 0 Å². The minimum absolute atomic E-state index is 0. The summed E-state index contributed by atoms with van der Waals surface area (Å²) >= 11 is 0. The summed E-state index contributed by atoms with van der Waals surface area (Å²) in [5.41, 5.74) is 0.699. The summed E-state index contributed by atoms with van der Waals surface area (Å²) in [7, 11) is 0. The molecule has 3 rings (SSSR count). The fourth-order valence-corrected chi connectivity index (χ4v) is 3.32. The summed E-state index contributed by atoms with van der Waals surface area (Å²) in [6, 6.07) is 4.16. The van der Waals surface area contributed by atoms with Crippen LogP contribution in [0.5, 0.6) is 0 Å². The normalized spacial score (nSPS) is 21.2. The number of piperidine rings is 1. The second kappa shape index (κ2) is 6.84. The third kappa shape index (κ3) is 3.82. The van der Waals surface area contributed by atoms with Gasteiger partial charge in [-0.2, -0.15) is 0 Å². The maximum atomic E-state index is 13.8. The largest absolute Gasteiger partial charge is 0.326 e. The number of carbonyl (C=O) groups excluding carboxylic acids is 2. The van der Waals surface area contributed by atoms with Crippen LogP contribution >= 0.6 is 12.4 Å². The van der Waals surface area contributed by atoms with Crippen LogP contribution in [0.2, 0.25) is 0 Å². The van der Waals surface area contributed by atoms with E-state index in [-0.39, 0.29) is 41.2 Å². The Labute approximate surface area is 140 Å². The first-order valence-corrected chi connectivity index (χ1v) is 7.59. The lowest BCUT2D eigenvalue weighted by molar-refractivity contribution is -0.118. The van der Waals surface area contributed by atoms with Gasteiger partial charge in [-0.3, -0.25) is 9.59 Å². The first-order chi connectivity index (χ1) is 10.5. The lowest BCUT2D eigenvalue weighted by Gasteiger charge is -2.23. The van der Waals surface area contributed by atoms with Crippen molar-refractivity contribution in [3.8, 4) is 0 Å². The molecule has 2 amide bonds. The molecule has 5 nitrogen and oxygen atoms in total. The molecule has 1 atom stereocenters. The molecule has 2 aliphatic rings. The van der Waals surface area contributed by atoms with E-state index in [1.807, 2.05) is 0 Å². The van der Waals surface area contributed by atoms with Crippen LogP contribution in [0, 0.1) is 17.2 Å². The molecule has 2 fully saturated rings. The van der Waals surface area contributed by atoms with Crippen LogP contribution in [0.25, 0.3) is 0 Å². The summed E-state index contributed by atoms with van der Waals surface area (Å²) in [4.78, 5) is 23.4. The molecule has 7 heteroatoms. The fourth-order valence-electron chi connectivity index (χ4n) is 3.32. The monoisotopic (exact) mass is 341 g/mol. The first kappa shape index (κ1) is 17.7. The van der Waals surface area contributed by atoms with Crippen molar-refractivity contribution < 1.29 is 14.0 Å². The molecule has 1 heterocycles. The van der Waals surface area contributed by atoms with Crippen LogP contribution in [0.15, 0.2) is 18.2 Å².